The van der Waals surface area contributed by atoms with Crippen LogP contribution in [0.5, 0.6) is 5.75 Å². The molecule has 0 spiro atoms. The number of rotatable bonds is 6. The Balaban J connectivity index is 1.74. The zero-order chi connectivity index (χ0) is 16.7. The Labute approximate surface area is 145 Å². The minimum atomic E-state index is 0.508. The summed E-state index contributed by atoms with van der Waals surface area (Å²) in [6, 6.07) is 5.53. The van der Waals surface area contributed by atoms with Gasteiger partial charge < -0.3 is 19.9 Å². The first-order valence-corrected chi connectivity index (χ1v) is 7.84. The molecule has 0 aliphatic heterocycles. The fraction of sp³-hybridized carbons (Fsp3) is 0.333. The minimum Gasteiger partial charge on any atom is -0.490 e. The van der Waals surface area contributed by atoms with Crippen LogP contribution in [0.3, 0.4) is 0 Å². The number of aliphatic imine (C=N–C) groups is 1. The topological polar surface area (TPSA) is 63.5 Å². The van der Waals surface area contributed by atoms with Gasteiger partial charge in [-0.05, 0) is 18.2 Å². The number of guanidine groups is 1. The summed E-state index contributed by atoms with van der Waals surface area (Å²) in [5.41, 5.74) is 0.967. The molecule has 0 atom stereocenters. The van der Waals surface area contributed by atoms with E-state index < -0.39 is 0 Å². The summed E-state index contributed by atoms with van der Waals surface area (Å²) in [6.07, 6.45) is 3.38. The lowest BCUT2D eigenvalue weighted by Gasteiger charge is -2.13. The predicted octanol–water partition coefficient (Wildman–Crippen LogP) is 2.47. The van der Waals surface area contributed by atoms with Crippen molar-refractivity contribution in [3.05, 3.63) is 46.5 Å². The van der Waals surface area contributed by atoms with Crippen molar-refractivity contribution >= 4 is 29.2 Å². The Morgan fingerprint density at radius 2 is 2.22 bits per heavy atom. The molecular formula is C15H19Cl2N5O. The first kappa shape index (κ1) is 17.4. The molecule has 2 aromatic rings. The van der Waals surface area contributed by atoms with Crippen LogP contribution in [0.25, 0.3) is 0 Å². The molecule has 0 radical (unpaired) electrons. The highest BCUT2D eigenvalue weighted by molar-refractivity contribution is 6.41. The molecule has 2 N–H and O–H groups in total. The molecular weight excluding hydrogens is 337 g/mol. The molecule has 2 rings (SSSR count). The zero-order valence-corrected chi connectivity index (χ0v) is 14.5. The summed E-state index contributed by atoms with van der Waals surface area (Å²) in [7, 11) is 3.57. The normalized spacial score (nSPS) is 11.4. The maximum absolute atomic E-state index is 6.04. The lowest BCUT2D eigenvalue weighted by atomic mass is 10.4. The first-order chi connectivity index (χ1) is 11.1. The Hall–Kier alpha value is -1.92. The van der Waals surface area contributed by atoms with Gasteiger partial charge in [0, 0.05) is 26.0 Å². The second kappa shape index (κ2) is 8.64. The number of halogens is 2. The fourth-order valence-electron chi connectivity index (χ4n) is 1.92. The summed E-state index contributed by atoms with van der Waals surface area (Å²) >= 11 is 12.0. The van der Waals surface area contributed by atoms with E-state index in [2.05, 4.69) is 20.6 Å². The molecule has 8 heteroatoms. The molecule has 0 amide bonds. The summed E-state index contributed by atoms with van der Waals surface area (Å²) in [5, 5.41) is 7.43. The Morgan fingerprint density at radius 3 is 2.83 bits per heavy atom. The molecule has 0 aromatic carbocycles. The van der Waals surface area contributed by atoms with Crippen molar-refractivity contribution in [1.82, 2.24) is 20.2 Å². The van der Waals surface area contributed by atoms with Gasteiger partial charge in [-0.1, -0.05) is 23.2 Å². The van der Waals surface area contributed by atoms with E-state index >= 15 is 0 Å². The highest BCUT2D eigenvalue weighted by Crippen LogP contribution is 2.24. The number of nitrogens with zero attached hydrogens (tertiary/aromatic N) is 3. The number of aromatic nitrogens is 2. The molecule has 124 valence electrons. The molecule has 2 heterocycles. The summed E-state index contributed by atoms with van der Waals surface area (Å²) in [6.45, 7) is 1.68. The molecule has 0 bridgehead atoms. The molecule has 0 unspecified atom stereocenters. The van der Waals surface area contributed by atoms with E-state index in [4.69, 9.17) is 27.9 Å². The van der Waals surface area contributed by atoms with Crippen molar-refractivity contribution in [1.29, 1.82) is 0 Å². The molecule has 0 fully saturated rings. The molecule has 0 aliphatic carbocycles. The maximum Gasteiger partial charge on any atom is 0.191 e. The van der Waals surface area contributed by atoms with Crippen molar-refractivity contribution in [3.8, 4) is 5.75 Å². The van der Waals surface area contributed by atoms with Crippen LogP contribution in [-0.4, -0.2) is 35.7 Å². The van der Waals surface area contributed by atoms with Crippen LogP contribution >= 0.6 is 23.2 Å². The minimum absolute atomic E-state index is 0.508. The van der Waals surface area contributed by atoms with Gasteiger partial charge in [0.2, 0.25) is 0 Å². The van der Waals surface area contributed by atoms with Gasteiger partial charge in [0.1, 0.15) is 17.5 Å². The average Bonchev–Trinajstić information content (AvgIpc) is 2.82. The lowest BCUT2D eigenvalue weighted by molar-refractivity contribution is 0.320. The summed E-state index contributed by atoms with van der Waals surface area (Å²) < 4.78 is 7.38. The van der Waals surface area contributed by atoms with Crippen LogP contribution in [0.4, 0.5) is 0 Å². The van der Waals surface area contributed by atoms with Crippen LogP contribution in [0.2, 0.25) is 10.2 Å². The number of pyridine rings is 1. The van der Waals surface area contributed by atoms with Gasteiger partial charge in [0.15, 0.2) is 5.96 Å². The molecule has 23 heavy (non-hydrogen) atoms. The van der Waals surface area contributed by atoms with Crippen molar-refractivity contribution in [3.63, 3.8) is 0 Å². The van der Waals surface area contributed by atoms with Gasteiger partial charge >= 0.3 is 0 Å². The number of hydrogen-bond donors (Lipinski definition) is 2. The number of ether oxygens (including phenoxy) is 1. The van der Waals surface area contributed by atoms with Gasteiger partial charge in [-0.3, -0.25) is 9.98 Å². The summed E-state index contributed by atoms with van der Waals surface area (Å²) in [4.78, 5) is 8.15. The van der Waals surface area contributed by atoms with E-state index in [-0.39, 0.29) is 0 Å². The molecule has 0 aliphatic rings. The molecule has 0 saturated carbocycles. The van der Waals surface area contributed by atoms with E-state index in [1.54, 1.807) is 19.4 Å². The quantitative estimate of drug-likeness (QED) is 0.474. The zero-order valence-electron chi connectivity index (χ0n) is 13.0. The van der Waals surface area contributed by atoms with E-state index in [0.29, 0.717) is 35.8 Å². The van der Waals surface area contributed by atoms with Crippen molar-refractivity contribution in [2.75, 3.05) is 20.2 Å². The third kappa shape index (κ3) is 5.04. The van der Waals surface area contributed by atoms with Gasteiger partial charge in [-0.2, -0.15) is 0 Å². The van der Waals surface area contributed by atoms with Crippen LogP contribution in [-0.2, 0) is 13.6 Å². The highest BCUT2D eigenvalue weighted by atomic mass is 35.5. The van der Waals surface area contributed by atoms with E-state index in [0.717, 1.165) is 11.4 Å². The average molecular weight is 356 g/mol. The fourth-order valence-corrected chi connectivity index (χ4v) is 2.34. The van der Waals surface area contributed by atoms with Crippen molar-refractivity contribution in [2.45, 2.75) is 6.54 Å². The smallest absolute Gasteiger partial charge is 0.191 e. The largest absolute Gasteiger partial charge is 0.490 e. The second-order valence-electron chi connectivity index (χ2n) is 4.72. The molecule has 0 saturated heterocycles. The first-order valence-electron chi connectivity index (χ1n) is 7.08. The second-order valence-corrected chi connectivity index (χ2v) is 5.49. The third-order valence-corrected chi connectivity index (χ3v) is 4.02. The highest BCUT2D eigenvalue weighted by Gasteiger charge is 2.09. The lowest BCUT2D eigenvalue weighted by Crippen LogP contribution is -2.39. The van der Waals surface area contributed by atoms with Crippen LogP contribution in [0.1, 0.15) is 5.69 Å². The molecule has 2 aromatic heterocycles. The van der Waals surface area contributed by atoms with E-state index in [1.165, 1.54) is 0 Å². The third-order valence-electron chi connectivity index (χ3n) is 3.17. The standard InChI is InChI=1S/C15H19Cl2N5O/c1-18-15(20-6-7-23-12-4-3-5-19-10-12)21-9-11-8-13(16)14(17)22(11)2/h3-5,8,10H,6-7,9H2,1-2H3,(H2,18,20,21). The van der Waals surface area contributed by atoms with Gasteiger partial charge in [-0.15, -0.1) is 0 Å². The van der Waals surface area contributed by atoms with Crippen LogP contribution < -0.4 is 15.4 Å². The van der Waals surface area contributed by atoms with Gasteiger partial charge in [0.25, 0.3) is 0 Å². The number of hydrogen-bond acceptors (Lipinski definition) is 3. The summed E-state index contributed by atoms with van der Waals surface area (Å²) in [5.74, 6) is 1.42. The SMILES string of the molecule is CN=C(NCCOc1cccnc1)NCc1cc(Cl)c(Cl)n1C. The van der Waals surface area contributed by atoms with Crippen LogP contribution in [0, 0.1) is 0 Å². The Kier molecular flexibility index (Phi) is 6.55. The Bertz CT molecular complexity index is 657. The van der Waals surface area contributed by atoms with E-state index in [9.17, 15) is 0 Å². The van der Waals surface area contributed by atoms with Gasteiger partial charge in [0.05, 0.1) is 24.3 Å². The monoisotopic (exact) mass is 355 g/mol. The van der Waals surface area contributed by atoms with Crippen molar-refractivity contribution < 1.29 is 4.74 Å². The van der Waals surface area contributed by atoms with E-state index in [1.807, 2.05) is 29.8 Å². The Morgan fingerprint density at radius 1 is 1.39 bits per heavy atom. The number of nitrogens with one attached hydrogen (secondary N) is 2. The maximum atomic E-state index is 6.04. The van der Waals surface area contributed by atoms with Gasteiger partial charge in [-0.25, -0.2) is 0 Å². The van der Waals surface area contributed by atoms with Crippen molar-refractivity contribution in [2.24, 2.45) is 12.0 Å². The van der Waals surface area contributed by atoms with Crippen LogP contribution in [0.15, 0.2) is 35.6 Å². The predicted molar refractivity (Wildman–Crippen MR) is 93.4 cm³/mol. The molecule has 6 nitrogen and oxygen atoms in total.